The zero-order valence-corrected chi connectivity index (χ0v) is 15.4. The molecule has 0 atom stereocenters. The van der Waals surface area contributed by atoms with Gasteiger partial charge >= 0.3 is 5.97 Å². The third kappa shape index (κ3) is 2.77. The molecule has 4 fully saturated rings. The first-order chi connectivity index (χ1) is 11.9. The number of aromatic nitrogens is 1. The van der Waals surface area contributed by atoms with Gasteiger partial charge in [-0.3, -0.25) is 4.79 Å². The topological polar surface area (TPSA) is 71.2 Å². The van der Waals surface area contributed by atoms with Crippen molar-refractivity contribution >= 4 is 11.9 Å². The van der Waals surface area contributed by atoms with Crippen LogP contribution in [0.25, 0.3) is 0 Å². The van der Waals surface area contributed by atoms with E-state index in [4.69, 9.17) is 4.74 Å². The van der Waals surface area contributed by atoms with E-state index in [1.807, 2.05) is 0 Å². The van der Waals surface area contributed by atoms with Gasteiger partial charge in [-0.25, -0.2) is 4.79 Å². The van der Waals surface area contributed by atoms with E-state index >= 15 is 0 Å². The normalized spacial score (nSPS) is 32.7. The number of ether oxygens (including phenoxy) is 1. The maximum Gasteiger partial charge on any atom is 0.339 e. The average Bonchev–Trinajstić information content (AvgIpc) is 2.85. The molecule has 0 saturated heterocycles. The van der Waals surface area contributed by atoms with Crippen LogP contribution in [-0.4, -0.2) is 30.5 Å². The van der Waals surface area contributed by atoms with Crippen molar-refractivity contribution in [1.29, 1.82) is 0 Å². The van der Waals surface area contributed by atoms with Crippen LogP contribution in [0.3, 0.4) is 0 Å². The summed E-state index contributed by atoms with van der Waals surface area (Å²) >= 11 is 0. The number of esters is 1. The standard InChI is InChI=1S/C20H28N2O3/c1-11-16(19(24)25-3)12(2)22-17(11)18(23)21-10-20-7-13-4-14(8-20)6-15(5-13)9-20/h13-15,22H,4-10H2,1-3H3,(H,21,23). The van der Waals surface area contributed by atoms with Gasteiger partial charge in [0.15, 0.2) is 0 Å². The van der Waals surface area contributed by atoms with Crippen molar-refractivity contribution in [2.75, 3.05) is 13.7 Å². The lowest BCUT2D eigenvalue weighted by molar-refractivity contribution is -0.0503. The zero-order chi connectivity index (χ0) is 17.8. The van der Waals surface area contributed by atoms with Gasteiger partial charge in [-0.05, 0) is 81.1 Å². The SMILES string of the molecule is COC(=O)c1c(C)[nH]c(C(=O)NCC23CC4CC(CC(C4)C2)C3)c1C. The Morgan fingerprint density at radius 2 is 1.68 bits per heavy atom. The monoisotopic (exact) mass is 344 g/mol. The number of H-pyrrole nitrogens is 1. The Balaban J connectivity index is 1.47. The molecule has 1 heterocycles. The molecule has 1 amide bonds. The minimum absolute atomic E-state index is 0.105. The first kappa shape index (κ1) is 16.7. The molecule has 1 aromatic heterocycles. The molecule has 2 N–H and O–H groups in total. The molecule has 0 radical (unpaired) electrons. The van der Waals surface area contributed by atoms with E-state index in [-0.39, 0.29) is 5.91 Å². The van der Waals surface area contributed by atoms with Crippen molar-refractivity contribution in [1.82, 2.24) is 10.3 Å². The molecule has 1 aromatic rings. The summed E-state index contributed by atoms with van der Waals surface area (Å²) in [5.74, 6) is 2.13. The quantitative estimate of drug-likeness (QED) is 0.823. The van der Waals surface area contributed by atoms with E-state index in [1.165, 1.54) is 45.6 Å². The molecule has 5 heteroatoms. The van der Waals surface area contributed by atoms with Gasteiger partial charge in [-0.2, -0.15) is 0 Å². The van der Waals surface area contributed by atoms with Gasteiger partial charge in [0.25, 0.3) is 5.91 Å². The number of methoxy groups -OCH3 is 1. The van der Waals surface area contributed by atoms with E-state index < -0.39 is 5.97 Å². The summed E-state index contributed by atoms with van der Waals surface area (Å²) in [6.07, 6.45) is 8.04. The molecule has 136 valence electrons. The van der Waals surface area contributed by atoms with Crippen LogP contribution in [0.5, 0.6) is 0 Å². The minimum atomic E-state index is -0.397. The van der Waals surface area contributed by atoms with Crippen molar-refractivity contribution in [3.8, 4) is 0 Å². The van der Waals surface area contributed by atoms with Crippen LogP contribution in [0, 0.1) is 37.0 Å². The maximum atomic E-state index is 12.7. The zero-order valence-electron chi connectivity index (χ0n) is 15.4. The number of rotatable bonds is 4. The van der Waals surface area contributed by atoms with Gasteiger partial charge in [0.1, 0.15) is 5.69 Å². The minimum Gasteiger partial charge on any atom is -0.465 e. The van der Waals surface area contributed by atoms with Crippen LogP contribution in [0.2, 0.25) is 0 Å². The summed E-state index contributed by atoms with van der Waals surface area (Å²) < 4.78 is 4.82. The fraction of sp³-hybridized carbons (Fsp3) is 0.700. The van der Waals surface area contributed by atoms with Crippen molar-refractivity contribution in [2.24, 2.45) is 23.2 Å². The van der Waals surface area contributed by atoms with Crippen molar-refractivity contribution in [2.45, 2.75) is 52.4 Å². The highest BCUT2D eigenvalue weighted by molar-refractivity contribution is 6.00. The number of nitrogens with one attached hydrogen (secondary N) is 2. The molecule has 5 nitrogen and oxygen atoms in total. The number of amides is 1. The van der Waals surface area contributed by atoms with E-state index in [0.29, 0.717) is 27.9 Å². The molecule has 25 heavy (non-hydrogen) atoms. The summed E-state index contributed by atoms with van der Waals surface area (Å²) in [7, 11) is 1.36. The molecule has 4 aliphatic carbocycles. The first-order valence-electron chi connectivity index (χ1n) is 9.46. The summed E-state index contributed by atoms with van der Waals surface area (Å²) in [6, 6.07) is 0. The second-order valence-corrected chi connectivity index (χ2v) is 8.72. The van der Waals surface area contributed by atoms with Crippen LogP contribution >= 0.6 is 0 Å². The molecule has 0 aromatic carbocycles. The van der Waals surface area contributed by atoms with Gasteiger partial charge < -0.3 is 15.0 Å². The van der Waals surface area contributed by atoms with Crippen LogP contribution in [0.15, 0.2) is 0 Å². The van der Waals surface area contributed by atoms with Gasteiger partial charge in [-0.15, -0.1) is 0 Å². The second kappa shape index (κ2) is 5.89. The van der Waals surface area contributed by atoms with E-state index in [2.05, 4.69) is 10.3 Å². The molecule has 4 aliphatic rings. The second-order valence-electron chi connectivity index (χ2n) is 8.72. The van der Waals surface area contributed by atoms with E-state index in [9.17, 15) is 9.59 Å². The van der Waals surface area contributed by atoms with Gasteiger partial charge in [-0.1, -0.05) is 0 Å². The smallest absolute Gasteiger partial charge is 0.339 e. The van der Waals surface area contributed by atoms with Gasteiger partial charge in [0.05, 0.1) is 12.7 Å². The predicted octanol–water partition coefficient (Wildman–Crippen LogP) is 3.36. The average molecular weight is 344 g/mol. The maximum absolute atomic E-state index is 12.7. The van der Waals surface area contributed by atoms with Crippen LogP contribution in [-0.2, 0) is 4.74 Å². The first-order valence-corrected chi connectivity index (χ1v) is 9.46. The van der Waals surface area contributed by atoms with Crippen LogP contribution < -0.4 is 5.32 Å². The number of aryl methyl sites for hydroxylation is 1. The van der Waals surface area contributed by atoms with E-state index in [1.54, 1.807) is 13.8 Å². The molecule has 4 saturated carbocycles. The lowest BCUT2D eigenvalue weighted by atomic mass is 9.49. The lowest BCUT2D eigenvalue weighted by Crippen LogP contribution is -2.51. The Labute approximate surface area is 148 Å². The Kier molecular flexibility index (Phi) is 3.93. The van der Waals surface area contributed by atoms with Crippen molar-refractivity contribution in [3.05, 3.63) is 22.5 Å². The fourth-order valence-corrected chi connectivity index (χ4v) is 6.25. The number of hydrogen-bond acceptors (Lipinski definition) is 3. The highest BCUT2D eigenvalue weighted by Gasteiger charge is 2.50. The number of carbonyl (C=O) groups excluding carboxylic acids is 2. The molecule has 5 rings (SSSR count). The summed E-state index contributed by atoms with van der Waals surface area (Å²) in [5, 5.41) is 3.17. The Bertz CT molecular complexity index is 683. The van der Waals surface area contributed by atoms with Crippen molar-refractivity contribution in [3.63, 3.8) is 0 Å². The van der Waals surface area contributed by atoms with Crippen LogP contribution in [0.1, 0.15) is 70.6 Å². The lowest BCUT2D eigenvalue weighted by Gasteiger charge is -2.56. The molecule has 0 unspecified atom stereocenters. The third-order valence-electron chi connectivity index (χ3n) is 6.84. The van der Waals surface area contributed by atoms with Crippen molar-refractivity contribution < 1.29 is 14.3 Å². The fourth-order valence-electron chi connectivity index (χ4n) is 6.25. The predicted molar refractivity (Wildman–Crippen MR) is 94.5 cm³/mol. The van der Waals surface area contributed by atoms with E-state index in [0.717, 1.165) is 24.3 Å². The Hall–Kier alpha value is -1.78. The number of aromatic amines is 1. The molecule has 0 spiro atoms. The Morgan fingerprint density at radius 1 is 1.12 bits per heavy atom. The molecule has 0 aliphatic heterocycles. The third-order valence-corrected chi connectivity index (χ3v) is 6.84. The van der Waals surface area contributed by atoms with Crippen LogP contribution in [0.4, 0.5) is 0 Å². The molecule has 4 bridgehead atoms. The summed E-state index contributed by atoms with van der Waals surface area (Å²) in [6.45, 7) is 4.37. The van der Waals surface area contributed by atoms with Gasteiger partial charge in [0.2, 0.25) is 0 Å². The summed E-state index contributed by atoms with van der Waals surface area (Å²) in [5.41, 5.74) is 2.63. The summed E-state index contributed by atoms with van der Waals surface area (Å²) in [4.78, 5) is 27.7. The number of hydrogen-bond donors (Lipinski definition) is 2. The number of carbonyl (C=O) groups is 2. The molecular weight excluding hydrogens is 316 g/mol. The highest BCUT2D eigenvalue weighted by atomic mass is 16.5. The van der Waals surface area contributed by atoms with Gasteiger partial charge in [0, 0.05) is 12.2 Å². The Morgan fingerprint density at radius 3 is 2.20 bits per heavy atom. The molecular formula is C20H28N2O3. The largest absolute Gasteiger partial charge is 0.465 e. The highest BCUT2D eigenvalue weighted by Crippen LogP contribution is 2.59.